The molecule has 0 aliphatic rings. The molecule has 1 aromatic heterocycles. The summed E-state index contributed by atoms with van der Waals surface area (Å²) in [7, 11) is 0. The van der Waals surface area contributed by atoms with E-state index in [1.807, 2.05) is 0 Å². The van der Waals surface area contributed by atoms with Crippen LogP contribution >= 0.6 is 23.1 Å². The van der Waals surface area contributed by atoms with E-state index in [2.05, 4.69) is 60.6 Å². The first kappa shape index (κ1) is 16.0. The van der Waals surface area contributed by atoms with E-state index >= 15 is 0 Å². The summed E-state index contributed by atoms with van der Waals surface area (Å²) in [5.41, 5.74) is 4.05. The summed E-state index contributed by atoms with van der Waals surface area (Å²) in [6.45, 7) is 6.97. The maximum atomic E-state index is 11.9. The summed E-state index contributed by atoms with van der Waals surface area (Å²) < 4.78 is 0.822. The van der Waals surface area contributed by atoms with Crippen LogP contribution in [0.3, 0.4) is 0 Å². The Labute approximate surface area is 133 Å². The SMILES string of the molecule is Cc1cccc(C(C)(C)CNC(=O)CSc2nncs2)c1. The summed E-state index contributed by atoms with van der Waals surface area (Å²) in [5, 5.41) is 10.7. The number of thioether (sulfide) groups is 1. The largest absolute Gasteiger partial charge is 0.355 e. The average Bonchev–Trinajstić information content (AvgIpc) is 2.96. The van der Waals surface area contributed by atoms with Gasteiger partial charge in [0.05, 0.1) is 5.75 Å². The van der Waals surface area contributed by atoms with E-state index in [0.717, 1.165) is 4.34 Å². The Bertz CT molecular complexity index is 597. The fourth-order valence-electron chi connectivity index (χ4n) is 1.89. The molecule has 0 spiro atoms. The molecule has 0 unspecified atom stereocenters. The third kappa shape index (κ3) is 4.82. The van der Waals surface area contributed by atoms with Crippen LogP contribution in [0.25, 0.3) is 0 Å². The molecule has 0 fully saturated rings. The van der Waals surface area contributed by atoms with Crippen molar-refractivity contribution < 1.29 is 4.79 Å². The van der Waals surface area contributed by atoms with Crippen LogP contribution in [0.4, 0.5) is 0 Å². The Hall–Kier alpha value is -1.40. The van der Waals surface area contributed by atoms with Gasteiger partial charge in [0.15, 0.2) is 4.34 Å². The van der Waals surface area contributed by atoms with Gasteiger partial charge in [-0.1, -0.05) is 66.8 Å². The molecule has 1 aromatic carbocycles. The van der Waals surface area contributed by atoms with Crippen LogP contribution in [0.2, 0.25) is 0 Å². The van der Waals surface area contributed by atoms with Crippen LogP contribution in [0, 0.1) is 6.92 Å². The molecule has 0 saturated carbocycles. The van der Waals surface area contributed by atoms with Crippen molar-refractivity contribution in [3.8, 4) is 0 Å². The molecule has 0 radical (unpaired) electrons. The van der Waals surface area contributed by atoms with Crippen LogP contribution in [0.1, 0.15) is 25.0 Å². The first-order valence-electron chi connectivity index (χ1n) is 6.70. The number of benzene rings is 1. The Morgan fingerprint density at radius 1 is 1.43 bits per heavy atom. The number of aryl methyl sites for hydroxylation is 1. The third-order valence-electron chi connectivity index (χ3n) is 3.19. The number of carbonyl (C=O) groups excluding carboxylic acids is 1. The zero-order chi connectivity index (χ0) is 15.3. The predicted molar refractivity (Wildman–Crippen MR) is 87.8 cm³/mol. The quantitative estimate of drug-likeness (QED) is 0.831. The normalized spacial score (nSPS) is 11.4. The fourth-order valence-corrected chi connectivity index (χ4v) is 3.21. The molecule has 1 heterocycles. The number of aromatic nitrogens is 2. The molecule has 2 aromatic rings. The van der Waals surface area contributed by atoms with Crippen molar-refractivity contribution in [1.29, 1.82) is 0 Å². The second-order valence-corrected chi connectivity index (χ2v) is 7.58. The molecule has 4 nitrogen and oxygen atoms in total. The predicted octanol–water partition coefficient (Wildman–Crippen LogP) is 3.03. The molecule has 1 amide bonds. The van der Waals surface area contributed by atoms with Gasteiger partial charge in [0.2, 0.25) is 5.91 Å². The fraction of sp³-hybridized carbons (Fsp3) is 0.400. The zero-order valence-corrected chi connectivity index (χ0v) is 14.1. The minimum Gasteiger partial charge on any atom is -0.355 e. The first-order valence-corrected chi connectivity index (χ1v) is 8.57. The number of hydrogen-bond donors (Lipinski definition) is 1. The van der Waals surface area contributed by atoms with Gasteiger partial charge in [-0.05, 0) is 12.5 Å². The van der Waals surface area contributed by atoms with Gasteiger partial charge in [-0.2, -0.15) is 0 Å². The van der Waals surface area contributed by atoms with Gasteiger partial charge in [0.1, 0.15) is 5.51 Å². The van der Waals surface area contributed by atoms with E-state index in [1.165, 1.54) is 34.2 Å². The molecule has 0 bridgehead atoms. The Morgan fingerprint density at radius 3 is 2.90 bits per heavy atom. The second kappa shape index (κ2) is 7.04. The molecule has 2 rings (SSSR count). The van der Waals surface area contributed by atoms with Crippen LogP contribution in [-0.2, 0) is 10.2 Å². The van der Waals surface area contributed by atoms with Crippen molar-refractivity contribution in [3.05, 3.63) is 40.9 Å². The molecule has 6 heteroatoms. The number of carbonyl (C=O) groups is 1. The lowest BCUT2D eigenvalue weighted by molar-refractivity contribution is -0.118. The number of hydrogen-bond acceptors (Lipinski definition) is 5. The Balaban J connectivity index is 1.84. The molecule has 0 aliphatic carbocycles. The topological polar surface area (TPSA) is 54.9 Å². The van der Waals surface area contributed by atoms with Gasteiger partial charge in [-0.15, -0.1) is 10.2 Å². The number of amides is 1. The minimum atomic E-state index is -0.0882. The molecule has 1 N–H and O–H groups in total. The molecular weight excluding hydrogens is 302 g/mol. The highest BCUT2D eigenvalue weighted by molar-refractivity contribution is 8.01. The molecule has 21 heavy (non-hydrogen) atoms. The maximum Gasteiger partial charge on any atom is 0.230 e. The van der Waals surface area contributed by atoms with Crippen molar-refractivity contribution in [2.45, 2.75) is 30.5 Å². The van der Waals surface area contributed by atoms with Crippen molar-refractivity contribution in [3.63, 3.8) is 0 Å². The molecule has 0 saturated heterocycles. The lowest BCUT2D eigenvalue weighted by atomic mass is 9.84. The van der Waals surface area contributed by atoms with E-state index in [4.69, 9.17) is 0 Å². The van der Waals surface area contributed by atoms with Gasteiger partial charge < -0.3 is 5.32 Å². The first-order chi connectivity index (χ1) is 9.97. The summed E-state index contributed by atoms with van der Waals surface area (Å²) in [6.07, 6.45) is 0. The number of nitrogens with one attached hydrogen (secondary N) is 1. The summed E-state index contributed by atoms with van der Waals surface area (Å²) >= 11 is 2.86. The van der Waals surface area contributed by atoms with Crippen LogP contribution < -0.4 is 5.32 Å². The van der Waals surface area contributed by atoms with Crippen LogP contribution in [-0.4, -0.2) is 28.4 Å². The highest BCUT2D eigenvalue weighted by Gasteiger charge is 2.21. The maximum absolute atomic E-state index is 11.9. The van der Waals surface area contributed by atoms with Crippen molar-refractivity contribution in [2.24, 2.45) is 0 Å². The van der Waals surface area contributed by atoms with Gasteiger partial charge in [-0.25, -0.2) is 0 Å². The average molecular weight is 321 g/mol. The molecular formula is C15H19N3OS2. The Morgan fingerprint density at radius 2 is 2.24 bits per heavy atom. The smallest absolute Gasteiger partial charge is 0.230 e. The number of rotatable bonds is 6. The van der Waals surface area contributed by atoms with E-state index < -0.39 is 0 Å². The van der Waals surface area contributed by atoms with Crippen molar-refractivity contribution in [1.82, 2.24) is 15.5 Å². The van der Waals surface area contributed by atoms with E-state index in [0.29, 0.717) is 12.3 Å². The lowest BCUT2D eigenvalue weighted by Gasteiger charge is -2.26. The van der Waals surface area contributed by atoms with Crippen molar-refractivity contribution >= 4 is 29.0 Å². The monoisotopic (exact) mass is 321 g/mol. The molecule has 0 aliphatic heterocycles. The third-order valence-corrected chi connectivity index (χ3v) is 5.05. The van der Waals surface area contributed by atoms with Gasteiger partial charge in [0, 0.05) is 12.0 Å². The zero-order valence-electron chi connectivity index (χ0n) is 12.4. The molecule has 112 valence electrons. The van der Waals surface area contributed by atoms with E-state index in [-0.39, 0.29) is 11.3 Å². The van der Waals surface area contributed by atoms with E-state index in [1.54, 1.807) is 5.51 Å². The summed E-state index contributed by atoms with van der Waals surface area (Å²) in [5.74, 6) is 0.398. The highest BCUT2D eigenvalue weighted by atomic mass is 32.2. The lowest BCUT2D eigenvalue weighted by Crippen LogP contribution is -2.37. The minimum absolute atomic E-state index is 0.0240. The van der Waals surface area contributed by atoms with Crippen molar-refractivity contribution in [2.75, 3.05) is 12.3 Å². The Kier molecular flexibility index (Phi) is 5.36. The van der Waals surface area contributed by atoms with Crippen LogP contribution in [0.15, 0.2) is 34.1 Å². The standard InChI is InChI=1S/C15H19N3OS2/c1-11-5-4-6-12(7-11)15(2,3)9-16-13(19)8-20-14-18-17-10-21-14/h4-7,10H,8-9H2,1-3H3,(H,16,19). The highest BCUT2D eigenvalue weighted by Crippen LogP contribution is 2.23. The summed E-state index contributed by atoms with van der Waals surface area (Å²) in [4.78, 5) is 11.9. The number of nitrogens with zero attached hydrogens (tertiary/aromatic N) is 2. The van der Waals surface area contributed by atoms with Crippen LogP contribution in [0.5, 0.6) is 0 Å². The van der Waals surface area contributed by atoms with Gasteiger partial charge >= 0.3 is 0 Å². The summed E-state index contributed by atoms with van der Waals surface area (Å²) in [6, 6.07) is 8.41. The molecule has 0 atom stereocenters. The van der Waals surface area contributed by atoms with Gasteiger partial charge in [0.25, 0.3) is 0 Å². The second-order valence-electron chi connectivity index (χ2n) is 5.52. The van der Waals surface area contributed by atoms with Gasteiger partial charge in [-0.3, -0.25) is 4.79 Å². The van der Waals surface area contributed by atoms with E-state index in [9.17, 15) is 4.79 Å².